The molecule has 0 aliphatic carbocycles. The van der Waals surface area contributed by atoms with Crippen molar-refractivity contribution in [3.63, 3.8) is 0 Å². The topological polar surface area (TPSA) is 43.8 Å². The average molecular weight is 212 g/mol. The Balaban J connectivity index is 1.86. The smallest absolute Gasteiger partial charge is 0.304 e. The molecule has 0 amide bonds. The summed E-state index contributed by atoms with van der Waals surface area (Å²) >= 11 is 0. The van der Waals surface area contributed by atoms with Gasteiger partial charge in [0.25, 0.3) is 0 Å². The fourth-order valence-corrected chi connectivity index (χ4v) is 2.80. The molecule has 2 saturated heterocycles. The van der Waals surface area contributed by atoms with Crippen molar-refractivity contribution in [1.29, 1.82) is 0 Å². The number of hydrogen-bond donors (Lipinski definition) is 1. The summed E-state index contributed by atoms with van der Waals surface area (Å²) in [5, 5.41) is 8.76. The van der Waals surface area contributed by atoms with Crippen molar-refractivity contribution in [2.45, 2.75) is 38.3 Å². The van der Waals surface area contributed by atoms with E-state index in [1.54, 1.807) is 0 Å². The van der Waals surface area contributed by atoms with Gasteiger partial charge in [-0.2, -0.15) is 0 Å². The van der Waals surface area contributed by atoms with Crippen molar-refractivity contribution in [3.8, 4) is 0 Å². The third kappa shape index (κ3) is 2.49. The number of hydrogen-bond acceptors (Lipinski definition) is 3. The molecule has 0 radical (unpaired) electrons. The first kappa shape index (κ1) is 10.9. The van der Waals surface area contributed by atoms with E-state index >= 15 is 0 Å². The molecule has 2 fully saturated rings. The number of carboxylic acids is 1. The Hall–Kier alpha value is -0.610. The Labute approximate surface area is 90.9 Å². The van der Waals surface area contributed by atoms with E-state index in [4.69, 9.17) is 5.11 Å². The summed E-state index contributed by atoms with van der Waals surface area (Å²) in [6.45, 7) is 6.48. The predicted octanol–water partition coefficient (Wildman–Crippen LogP) is 0.630. The first-order chi connectivity index (χ1) is 7.16. The average Bonchev–Trinajstić information content (AvgIpc) is 2.62. The van der Waals surface area contributed by atoms with Crippen molar-refractivity contribution in [1.82, 2.24) is 9.80 Å². The maximum atomic E-state index is 10.6. The number of fused-ring (bicyclic) bond motifs is 1. The minimum Gasteiger partial charge on any atom is -0.481 e. The van der Waals surface area contributed by atoms with Crippen LogP contribution in [0.4, 0.5) is 0 Å². The molecule has 1 N–H and O–H groups in total. The highest BCUT2D eigenvalue weighted by Crippen LogP contribution is 2.23. The summed E-state index contributed by atoms with van der Waals surface area (Å²) in [6.07, 6.45) is 2.87. The molecule has 4 heteroatoms. The summed E-state index contributed by atoms with van der Waals surface area (Å²) in [5.74, 6) is -0.684. The largest absolute Gasteiger partial charge is 0.481 e. The lowest BCUT2D eigenvalue weighted by atomic mass is 10.1. The van der Waals surface area contributed by atoms with Crippen molar-refractivity contribution in [2.75, 3.05) is 26.2 Å². The standard InChI is InChI=1S/C11H20N2O2/c1-9(7-11(14)15)13-6-5-12-4-2-3-10(12)8-13/h9-10H,2-8H2,1H3,(H,14,15). The number of piperazine rings is 1. The lowest BCUT2D eigenvalue weighted by molar-refractivity contribution is -0.138. The van der Waals surface area contributed by atoms with Crippen LogP contribution in [0.2, 0.25) is 0 Å². The number of carboxylic acid groups (broad SMARTS) is 1. The number of aliphatic carboxylic acids is 1. The van der Waals surface area contributed by atoms with Gasteiger partial charge in [0.2, 0.25) is 0 Å². The van der Waals surface area contributed by atoms with Crippen molar-refractivity contribution in [2.24, 2.45) is 0 Å². The van der Waals surface area contributed by atoms with E-state index in [2.05, 4.69) is 9.80 Å². The second kappa shape index (κ2) is 4.49. The van der Waals surface area contributed by atoms with E-state index in [0.717, 1.165) is 19.6 Å². The molecular weight excluding hydrogens is 192 g/mol. The molecule has 0 bridgehead atoms. The van der Waals surface area contributed by atoms with E-state index in [-0.39, 0.29) is 12.5 Å². The Morgan fingerprint density at radius 1 is 1.47 bits per heavy atom. The van der Waals surface area contributed by atoms with Crippen LogP contribution in [0.3, 0.4) is 0 Å². The predicted molar refractivity (Wildman–Crippen MR) is 57.9 cm³/mol. The summed E-state index contributed by atoms with van der Waals surface area (Å²) in [5.41, 5.74) is 0. The fraction of sp³-hybridized carbons (Fsp3) is 0.909. The molecule has 0 aromatic carbocycles. The van der Waals surface area contributed by atoms with Gasteiger partial charge < -0.3 is 5.11 Å². The first-order valence-corrected chi connectivity index (χ1v) is 5.86. The molecule has 0 saturated carbocycles. The molecular formula is C11H20N2O2. The van der Waals surface area contributed by atoms with Crippen LogP contribution < -0.4 is 0 Å². The first-order valence-electron chi connectivity index (χ1n) is 5.86. The number of rotatable bonds is 3. The lowest BCUT2D eigenvalue weighted by Gasteiger charge is -2.40. The third-order valence-electron chi connectivity index (χ3n) is 3.71. The van der Waals surface area contributed by atoms with Gasteiger partial charge in [0.15, 0.2) is 0 Å². The highest BCUT2D eigenvalue weighted by Gasteiger charge is 2.32. The van der Waals surface area contributed by atoms with Gasteiger partial charge in [-0.05, 0) is 26.3 Å². The maximum Gasteiger partial charge on any atom is 0.304 e. The molecule has 15 heavy (non-hydrogen) atoms. The second-order valence-electron chi connectivity index (χ2n) is 4.77. The summed E-state index contributed by atoms with van der Waals surface area (Å²) < 4.78 is 0. The molecule has 2 rings (SSSR count). The van der Waals surface area contributed by atoms with Crippen molar-refractivity contribution >= 4 is 5.97 Å². The van der Waals surface area contributed by atoms with Crippen LogP contribution >= 0.6 is 0 Å². The normalized spacial score (nSPS) is 30.1. The van der Waals surface area contributed by atoms with Gasteiger partial charge in [0, 0.05) is 31.7 Å². The van der Waals surface area contributed by atoms with Crippen LogP contribution in [0, 0.1) is 0 Å². The Bertz CT molecular complexity index is 245. The molecule has 2 heterocycles. The molecule has 2 aliphatic rings. The van der Waals surface area contributed by atoms with E-state index < -0.39 is 5.97 Å². The summed E-state index contributed by atoms with van der Waals surface area (Å²) in [6, 6.07) is 0.875. The van der Waals surface area contributed by atoms with E-state index in [1.807, 2.05) is 6.92 Å². The quantitative estimate of drug-likeness (QED) is 0.745. The maximum absolute atomic E-state index is 10.6. The van der Waals surface area contributed by atoms with Crippen LogP contribution in [-0.4, -0.2) is 59.1 Å². The van der Waals surface area contributed by atoms with E-state index in [1.165, 1.54) is 19.4 Å². The van der Waals surface area contributed by atoms with Gasteiger partial charge in [-0.25, -0.2) is 0 Å². The van der Waals surface area contributed by atoms with Crippen molar-refractivity contribution < 1.29 is 9.90 Å². The second-order valence-corrected chi connectivity index (χ2v) is 4.77. The molecule has 2 aliphatic heterocycles. The van der Waals surface area contributed by atoms with Crippen LogP contribution in [0.25, 0.3) is 0 Å². The zero-order valence-corrected chi connectivity index (χ0v) is 9.35. The number of nitrogens with zero attached hydrogens (tertiary/aromatic N) is 2. The van der Waals surface area contributed by atoms with E-state index in [9.17, 15) is 4.79 Å². The van der Waals surface area contributed by atoms with Crippen molar-refractivity contribution in [3.05, 3.63) is 0 Å². The van der Waals surface area contributed by atoms with Gasteiger partial charge in [-0.3, -0.25) is 14.6 Å². The van der Waals surface area contributed by atoms with Gasteiger partial charge in [-0.1, -0.05) is 0 Å². The monoisotopic (exact) mass is 212 g/mol. The third-order valence-corrected chi connectivity index (χ3v) is 3.71. The molecule has 2 atom stereocenters. The minimum absolute atomic E-state index is 0.185. The molecule has 4 nitrogen and oxygen atoms in total. The highest BCUT2D eigenvalue weighted by atomic mass is 16.4. The van der Waals surface area contributed by atoms with Crippen LogP contribution in [0.1, 0.15) is 26.2 Å². The SMILES string of the molecule is CC(CC(=O)O)N1CCN2CCCC2C1. The van der Waals surface area contributed by atoms with E-state index in [0.29, 0.717) is 6.04 Å². The lowest BCUT2D eigenvalue weighted by Crippen LogP contribution is -2.53. The highest BCUT2D eigenvalue weighted by molar-refractivity contribution is 5.67. The molecule has 0 spiro atoms. The molecule has 0 aromatic heterocycles. The molecule has 0 aromatic rings. The van der Waals surface area contributed by atoms with Crippen LogP contribution in [-0.2, 0) is 4.79 Å². The fourth-order valence-electron chi connectivity index (χ4n) is 2.80. The summed E-state index contributed by atoms with van der Waals surface area (Å²) in [4.78, 5) is 15.5. The Morgan fingerprint density at radius 2 is 2.27 bits per heavy atom. The van der Waals surface area contributed by atoms with Crippen LogP contribution in [0.15, 0.2) is 0 Å². The van der Waals surface area contributed by atoms with Crippen LogP contribution in [0.5, 0.6) is 0 Å². The minimum atomic E-state index is -0.684. The Kier molecular flexibility index (Phi) is 3.26. The zero-order chi connectivity index (χ0) is 10.8. The molecule has 2 unspecified atom stereocenters. The summed E-state index contributed by atoms with van der Waals surface area (Å²) in [7, 11) is 0. The van der Waals surface area contributed by atoms with Gasteiger partial charge in [0.1, 0.15) is 0 Å². The molecule has 86 valence electrons. The number of carbonyl (C=O) groups is 1. The van der Waals surface area contributed by atoms with Gasteiger partial charge in [0.05, 0.1) is 6.42 Å². The van der Waals surface area contributed by atoms with Gasteiger partial charge in [-0.15, -0.1) is 0 Å². The Morgan fingerprint density at radius 3 is 3.00 bits per heavy atom. The van der Waals surface area contributed by atoms with Gasteiger partial charge >= 0.3 is 5.97 Å². The zero-order valence-electron chi connectivity index (χ0n) is 9.35.